The first-order valence-electron chi connectivity index (χ1n) is 6.77. The molecule has 0 radical (unpaired) electrons. The van der Waals surface area contributed by atoms with Crippen LogP contribution in [0.5, 0.6) is 0 Å². The zero-order valence-corrected chi connectivity index (χ0v) is 11.9. The predicted molar refractivity (Wildman–Crippen MR) is 76.7 cm³/mol. The molecule has 1 fully saturated rings. The lowest BCUT2D eigenvalue weighted by atomic mass is 9.86. The van der Waals surface area contributed by atoms with E-state index in [1.165, 1.54) is 0 Å². The van der Waals surface area contributed by atoms with Gasteiger partial charge in [0.2, 0.25) is 5.91 Å². The molecular formula is C15H18ClNO3. The highest BCUT2D eigenvalue weighted by atomic mass is 35.5. The molecule has 20 heavy (non-hydrogen) atoms. The number of rotatable bonds is 5. The third-order valence-electron chi connectivity index (χ3n) is 3.95. The van der Waals surface area contributed by atoms with Crippen LogP contribution in [0.4, 0.5) is 0 Å². The van der Waals surface area contributed by atoms with Crippen LogP contribution in [0.1, 0.15) is 31.2 Å². The molecule has 108 valence electrons. The summed E-state index contributed by atoms with van der Waals surface area (Å²) >= 11 is 6.00. The number of carbonyl (C=O) groups is 2. The van der Waals surface area contributed by atoms with Crippen molar-refractivity contribution in [2.24, 2.45) is 5.41 Å². The number of nitrogens with one attached hydrogen (secondary N) is 1. The normalized spacial score (nSPS) is 16.9. The summed E-state index contributed by atoms with van der Waals surface area (Å²) in [6.07, 6.45) is 3.26. The summed E-state index contributed by atoms with van der Waals surface area (Å²) in [6.45, 7) is 0.200. The van der Waals surface area contributed by atoms with Gasteiger partial charge >= 0.3 is 5.97 Å². The van der Waals surface area contributed by atoms with E-state index in [4.69, 9.17) is 11.6 Å². The summed E-state index contributed by atoms with van der Waals surface area (Å²) in [4.78, 5) is 23.3. The van der Waals surface area contributed by atoms with Gasteiger partial charge in [-0.25, -0.2) is 0 Å². The van der Waals surface area contributed by atoms with Crippen molar-refractivity contribution >= 4 is 23.5 Å². The van der Waals surface area contributed by atoms with Crippen LogP contribution in [0.15, 0.2) is 24.3 Å². The molecule has 0 unspecified atom stereocenters. The summed E-state index contributed by atoms with van der Waals surface area (Å²) < 4.78 is 0. The maximum Gasteiger partial charge on any atom is 0.311 e. The predicted octanol–water partition coefficient (Wildman–Crippen LogP) is 2.64. The molecule has 1 aliphatic rings. The zero-order chi connectivity index (χ0) is 14.6. The van der Waals surface area contributed by atoms with Crippen molar-refractivity contribution in [3.05, 3.63) is 34.9 Å². The molecule has 1 saturated carbocycles. The van der Waals surface area contributed by atoms with Crippen LogP contribution >= 0.6 is 11.6 Å². The topological polar surface area (TPSA) is 66.4 Å². The number of aliphatic carboxylic acids is 1. The number of carbonyl (C=O) groups excluding carboxylic acids is 1. The van der Waals surface area contributed by atoms with E-state index in [0.717, 1.165) is 18.4 Å². The van der Waals surface area contributed by atoms with Crippen molar-refractivity contribution in [3.8, 4) is 0 Å². The lowest BCUT2D eigenvalue weighted by Gasteiger charge is -2.24. The number of hydrogen-bond donors (Lipinski definition) is 2. The Morgan fingerprint density at radius 1 is 1.25 bits per heavy atom. The Hall–Kier alpha value is -1.55. The summed E-state index contributed by atoms with van der Waals surface area (Å²) in [5.74, 6) is -1.00. The average molecular weight is 296 g/mol. The second-order valence-electron chi connectivity index (χ2n) is 5.34. The molecule has 0 saturated heterocycles. The van der Waals surface area contributed by atoms with Gasteiger partial charge in [-0.1, -0.05) is 42.6 Å². The van der Waals surface area contributed by atoms with Crippen molar-refractivity contribution in [1.29, 1.82) is 0 Å². The average Bonchev–Trinajstić information content (AvgIpc) is 2.89. The van der Waals surface area contributed by atoms with Crippen LogP contribution in [0, 0.1) is 5.41 Å². The van der Waals surface area contributed by atoms with Crippen LogP contribution in [-0.2, 0) is 16.0 Å². The van der Waals surface area contributed by atoms with Gasteiger partial charge in [-0.2, -0.15) is 0 Å². The van der Waals surface area contributed by atoms with Crippen molar-refractivity contribution in [1.82, 2.24) is 5.32 Å². The lowest BCUT2D eigenvalue weighted by molar-refractivity contribution is -0.148. The SMILES string of the molecule is O=C(Cc1ccccc1Cl)NCC1(C(=O)O)CCCC1. The van der Waals surface area contributed by atoms with Gasteiger partial charge < -0.3 is 10.4 Å². The first-order valence-corrected chi connectivity index (χ1v) is 7.15. The molecule has 2 rings (SSSR count). The highest BCUT2D eigenvalue weighted by Crippen LogP contribution is 2.37. The molecule has 0 bridgehead atoms. The first kappa shape index (κ1) is 14.9. The quantitative estimate of drug-likeness (QED) is 0.877. The van der Waals surface area contributed by atoms with Gasteiger partial charge in [0.05, 0.1) is 11.8 Å². The fourth-order valence-corrected chi connectivity index (χ4v) is 2.87. The fourth-order valence-electron chi connectivity index (χ4n) is 2.66. The largest absolute Gasteiger partial charge is 0.481 e. The monoisotopic (exact) mass is 295 g/mol. The molecule has 1 aromatic carbocycles. The number of benzene rings is 1. The Morgan fingerprint density at radius 3 is 2.50 bits per heavy atom. The Labute approximate surface area is 123 Å². The number of halogens is 1. The summed E-state index contributed by atoms with van der Waals surface area (Å²) in [7, 11) is 0. The lowest BCUT2D eigenvalue weighted by Crippen LogP contribution is -2.41. The van der Waals surface area contributed by atoms with E-state index >= 15 is 0 Å². The van der Waals surface area contributed by atoms with Gasteiger partial charge in [-0.15, -0.1) is 0 Å². The van der Waals surface area contributed by atoms with Gasteiger partial charge in [0.15, 0.2) is 0 Å². The molecule has 0 aliphatic heterocycles. The highest BCUT2D eigenvalue weighted by Gasteiger charge is 2.41. The number of carboxylic acids is 1. The van der Waals surface area contributed by atoms with Crippen molar-refractivity contribution in [2.75, 3.05) is 6.54 Å². The molecule has 5 heteroatoms. The maximum atomic E-state index is 11.9. The van der Waals surface area contributed by atoms with Gasteiger partial charge in [-0.05, 0) is 24.5 Å². The minimum atomic E-state index is -0.812. The smallest absolute Gasteiger partial charge is 0.311 e. The van der Waals surface area contributed by atoms with Gasteiger partial charge in [0.25, 0.3) is 0 Å². The van der Waals surface area contributed by atoms with Crippen molar-refractivity contribution in [2.45, 2.75) is 32.1 Å². The molecule has 0 heterocycles. The van der Waals surface area contributed by atoms with E-state index in [9.17, 15) is 14.7 Å². The summed E-state index contributed by atoms with van der Waals surface area (Å²) in [5.41, 5.74) is -0.0293. The van der Waals surface area contributed by atoms with E-state index in [1.54, 1.807) is 12.1 Å². The number of hydrogen-bond acceptors (Lipinski definition) is 2. The van der Waals surface area contributed by atoms with E-state index in [0.29, 0.717) is 17.9 Å². The van der Waals surface area contributed by atoms with Crippen LogP contribution in [-0.4, -0.2) is 23.5 Å². The third-order valence-corrected chi connectivity index (χ3v) is 4.32. The minimum Gasteiger partial charge on any atom is -0.481 e. The second-order valence-corrected chi connectivity index (χ2v) is 5.74. The van der Waals surface area contributed by atoms with Crippen LogP contribution in [0.2, 0.25) is 5.02 Å². The van der Waals surface area contributed by atoms with E-state index < -0.39 is 11.4 Å². The standard InChI is InChI=1S/C15H18ClNO3/c16-12-6-2-1-5-11(12)9-13(18)17-10-15(14(19)20)7-3-4-8-15/h1-2,5-6H,3-4,7-10H2,(H,17,18)(H,19,20). The summed E-state index contributed by atoms with van der Waals surface area (Å²) in [5, 5.41) is 12.6. The summed E-state index contributed by atoms with van der Waals surface area (Å²) in [6, 6.07) is 7.16. The number of amides is 1. The van der Waals surface area contributed by atoms with Gasteiger partial charge in [-0.3, -0.25) is 9.59 Å². The van der Waals surface area contributed by atoms with Crippen LogP contribution in [0.3, 0.4) is 0 Å². The third kappa shape index (κ3) is 3.31. The van der Waals surface area contributed by atoms with E-state index in [1.807, 2.05) is 12.1 Å². The van der Waals surface area contributed by atoms with E-state index in [2.05, 4.69) is 5.32 Å². The molecule has 1 aromatic rings. The van der Waals surface area contributed by atoms with Crippen LogP contribution < -0.4 is 5.32 Å². The zero-order valence-electron chi connectivity index (χ0n) is 11.2. The fraction of sp³-hybridized carbons (Fsp3) is 0.467. The molecule has 0 atom stereocenters. The number of carboxylic acid groups (broad SMARTS) is 1. The molecule has 1 amide bonds. The Balaban J connectivity index is 1.92. The molecule has 4 nitrogen and oxygen atoms in total. The second kappa shape index (κ2) is 6.27. The minimum absolute atomic E-state index is 0.176. The van der Waals surface area contributed by atoms with Crippen LogP contribution in [0.25, 0.3) is 0 Å². The molecule has 1 aliphatic carbocycles. The van der Waals surface area contributed by atoms with Crippen molar-refractivity contribution in [3.63, 3.8) is 0 Å². The van der Waals surface area contributed by atoms with Gasteiger partial charge in [0, 0.05) is 11.6 Å². The Kier molecular flexibility index (Phi) is 4.65. The van der Waals surface area contributed by atoms with E-state index in [-0.39, 0.29) is 18.9 Å². The maximum absolute atomic E-state index is 11.9. The Bertz CT molecular complexity index is 510. The van der Waals surface area contributed by atoms with Crippen molar-refractivity contribution < 1.29 is 14.7 Å². The highest BCUT2D eigenvalue weighted by molar-refractivity contribution is 6.31. The first-order chi connectivity index (χ1) is 9.53. The molecule has 2 N–H and O–H groups in total. The Morgan fingerprint density at radius 2 is 1.90 bits per heavy atom. The molecule has 0 spiro atoms. The van der Waals surface area contributed by atoms with Gasteiger partial charge in [0.1, 0.15) is 0 Å². The molecular weight excluding hydrogens is 278 g/mol. The molecule has 0 aromatic heterocycles.